The molecule has 2 aromatic carbocycles. The Bertz CT molecular complexity index is 908. The van der Waals surface area contributed by atoms with Crippen LogP contribution in [0.4, 0.5) is 11.4 Å². The number of rotatable bonds is 7. The first-order valence-electron chi connectivity index (χ1n) is 7.48. The van der Waals surface area contributed by atoms with Gasteiger partial charge in [0.15, 0.2) is 15.6 Å². The number of sulfone groups is 1. The van der Waals surface area contributed by atoms with Gasteiger partial charge in [-0.3, -0.25) is 4.79 Å². The van der Waals surface area contributed by atoms with Crippen molar-refractivity contribution in [3.63, 3.8) is 0 Å². The number of hydrogen-bond donors (Lipinski definition) is 1. The summed E-state index contributed by atoms with van der Waals surface area (Å²) in [6, 6.07) is 12.3. The van der Waals surface area contributed by atoms with E-state index < -0.39 is 9.84 Å². The highest BCUT2D eigenvalue weighted by Crippen LogP contribution is 2.32. The Kier molecular flexibility index (Phi) is 6.64. The third kappa shape index (κ3) is 5.88. The zero-order valence-corrected chi connectivity index (χ0v) is 15.8. The smallest absolute Gasteiger partial charge is 0.168 e. The minimum absolute atomic E-state index is 0.0978. The molecule has 0 aliphatic heterocycles. The van der Waals surface area contributed by atoms with E-state index in [0.717, 1.165) is 11.7 Å². The van der Waals surface area contributed by atoms with Gasteiger partial charge in [-0.05, 0) is 30.7 Å². The largest absolute Gasteiger partial charge is 0.354 e. The van der Waals surface area contributed by atoms with E-state index >= 15 is 0 Å². The van der Waals surface area contributed by atoms with Crippen LogP contribution in [0.15, 0.2) is 53.9 Å². The zero-order valence-electron chi connectivity index (χ0n) is 13.5. The molecule has 132 valence electrons. The van der Waals surface area contributed by atoms with Gasteiger partial charge in [0.2, 0.25) is 0 Å². The lowest BCUT2D eigenvalue weighted by molar-refractivity contribution is 0.0984. The first-order valence-corrected chi connectivity index (χ1v) is 10.2. The number of carbonyl (C=O) groups is 1. The molecule has 25 heavy (non-hydrogen) atoms. The Hall–Kier alpha value is -1.82. The minimum atomic E-state index is -3.18. The maximum atomic E-state index is 12.4. The molecule has 4 nitrogen and oxygen atoms in total. The lowest BCUT2D eigenvalue weighted by Gasteiger charge is -2.13. The number of Topliss-reactive ketones (excluding diaryl/α,β-unsaturated/α-hetero) is 1. The van der Waals surface area contributed by atoms with E-state index in [1.165, 1.54) is 6.08 Å². The van der Waals surface area contributed by atoms with Crippen molar-refractivity contribution in [2.75, 3.05) is 11.6 Å². The normalized spacial score (nSPS) is 11.6. The Labute approximate surface area is 157 Å². The standard InChI is InChI=1S/C18H17Cl2NO3S/c1-25(23,24)12-5-4-11-17(22)13-7-2-3-9-15(13)21-16-10-6-8-14(19)18(16)20/h2-3,5-10,12,21H,4,11H2,1H3/b12-5+. The van der Waals surface area contributed by atoms with Crippen molar-refractivity contribution >= 4 is 50.2 Å². The van der Waals surface area contributed by atoms with Crippen LogP contribution in [0.2, 0.25) is 10.0 Å². The second kappa shape index (κ2) is 8.52. The summed E-state index contributed by atoms with van der Waals surface area (Å²) < 4.78 is 22.1. The van der Waals surface area contributed by atoms with E-state index in [1.54, 1.807) is 42.5 Å². The number of anilines is 2. The quantitative estimate of drug-likeness (QED) is 0.647. The number of nitrogens with one attached hydrogen (secondary N) is 1. The van der Waals surface area contributed by atoms with Crippen LogP contribution in [0.5, 0.6) is 0 Å². The molecule has 1 N–H and O–H groups in total. The molecular weight excluding hydrogens is 381 g/mol. The van der Waals surface area contributed by atoms with Gasteiger partial charge in [-0.2, -0.15) is 0 Å². The van der Waals surface area contributed by atoms with Crippen LogP contribution < -0.4 is 5.32 Å². The second-order valence-corrected chi connectivity index (χ2v) is 8.15. The van der Waals surface area contributed by atoms with Gasteiger partial charge in [-0.1, -0.05) is 47.5 Å². The summed E-state index contributed by atoms with van der Waals surface area (Å²) in [6.45, 7) is 0. The maximum Gasteiger partial charge on any atom is 0.168 e. The number of ketones is 1. The molecule has 0 aliphatic carbocycles. The Morgan fingerprint density at radius 2 is 1.76 bits per heavy atom. The molecule has 2 rings (SSSR count). The van der Waals surface area contributed by atoms with Crippen molar-refractivity contribution < 1.29 is 13.2 Å². The number of halogens is 2. The molecule has 0 saturated heterocycles. The first kappa shape index (κ1) is 19.5. The van der Waals surface area contributed by atoms with E-state index in [-0.39, 0.29) is 12.2 Å². The molecule has 0 aromatic heterocycles. The first-order chi connectivity index (χ1) is 11.8. The fourth-order valence-corrected chi connectivity index (χ4v) is 3.01. The molecule has 0 fully saturated rings. The molecule has 0 heterocycles. The number of carbonyl (C=O) groups excluding carboxylic acids is 1. The second-order valence-electron chi connectivity index (χ2n) is 5.44. The van der Waals surface area contributed by atoms with Gasteiger partial charge < -0.3 is 5.32 Å². The van der Waals surface area contributed by atoms with E-state index in [9.17, 15) is 13.2 Å². The van der Waals surface area contributed by atoms with Crippen molar-refractivity contribution in [1.29, 1.82) is 0 Å². The van der Waals surface area contributed by atoms with E-state index in [0.29, 0.717) is 33.4 Å². The van der Waals surface area contributed by atoms with Gasteiger partial charge in [0.05, 0.1) is 15.7 Å². The van der Waals surface area contributed by atoms with Gasteiger partial charge in [0.25, 0.3) is 0 Å². The summed E-state index contributed by atoms with van der Waals surface area (Å²) in [6.07, 6.45) is 3.14. The number of benzene rings is 2. The van der Waals surface area contributed by atoms with Gasteiger partial charge >= 0.3 is 0 Å². The summed E-state index contributed by atoms with van der Waals surface area (Å²) in [7, 11) is -3.18. The van der Waals surface area contributed by atoms with E-state index in [2.05, 4.69) is 5.32 Å². The van der Waals surface area contributed by atoms with Crippen LogP contribution >= 0.6 is 23.2 Å². The molecular formula is C18H17Cl2NO3S. The van der Waals surface area contributed by atoms with Gasteiger partial charge in [-0.15, -0.1) is 0 Å². The molecule has 0 aliphatic rings. The number of hydrogen-bond acceptors (Lipinski definition) is 4. The SMILES string of the molecule is CS(=O)(=O)/C=C/CCC(=O)c1ccccc1Nc1cccc(Cl)c1Cl. The van der Waals surface area contributed by atoms with Gasteiger partial charge in [0.1, 0.15) is 0 Å². The van der Waals surface area contributed by atoms with Crippen LogP contribution in [0.3, 0.4) is 0 Å². The van der Waals surface area contributed by atoms with Crippen molar-refractivity contribution in [3.05, 3.63) is 69.6 Å². The third-order valence-corrected chi connectivity index (χ3v) is 4.84. The maximum absolute atomic E-state index is 12.4. The molecule has 0 spiro atoms. The predicted molar refractivity (Wildman–Crippen MR) is 104 cm³/mol. The topological polar surface area (TPSA) is 63.2 Å². The van der Waals surface area contributed by atoms with Crippen LogP contribution in [0.1, 0.15) is 23.2 Å². The van der Waals surface area contributed by atoms with Crippen molar-refractivity contribution in [1.82, 2.24) is 0 Å². The van der Waals surface area contributed by atoms with Crippen LogP contribution in [0, 0.1) is 0 Å². The summed E-state index contributed by atoms with van der Waals surface area (Å²) in [5, 5.41) is 5.03. The monoisotopic (exact) mass is 397 g/mol. The lowest BCUT2D eigenvalue weighted by atomic mass is 10.0. The minimum Gasteiger partial charge on any atom is -0.354 e. The van der Waals surface area contributed by atoms with Gasteiger partial charge in [0, 0.05) is 29.3 Å². The predicted octanol–water partition coefficient (Wildman–Crippen LogP) is 5.26. The fourth-order valence-electron chi connectivity index (χ4n) is 2.17. The highest BCUT2D eigenvalue weighted by molar-refractivity contribution is 7.93. The van der Waals surface area contributed by atoms with Crippen molar-refractivity contribution in [2.24, 2.45) is 0 Å². The Morgan fingerprint density at radius 3 is 2.48 bits per heavy atom. The number of para-hydroxylation sites is 1. The summed E-state index contributed by atoms with van der Waals surface area (Å²) in [5.41, 5.74) is 1.72. The zero-order chi connectivity index (χ0) is 18.4. The van der Waals surface area contributed by atoms with Crippen LogP contribution in [-0.4, -0.2) is 20.5 Å². The summed E-state index contributed by atoms with van der Waals surface area (Å²) >= 11 is 12.2. The molecule has 0 radical (unpaired) electrons. The molecule has 0 amide bonds. The number of allylic oxidation sites excluding steroid dienone is 1. The molecule has 7 heteroatoms. The fraction of sp³-hybridized carbons (Fsp3) is 0.167. The van der Waals surface area contributed by atoms with E-state index in [4.69, 9.17) is 23.2 Å². The van der Waals surface area contributed by atoms with Crippen molar-refractivity contribution in [2.45, 2.75) is 12.8 Å². The molecule has 0 bridgehead atoms. The van der Waals surface area contributed by atoms with Gasteiger partial charge in [-0.25, -0.2) is 8.42 Å². The summed E-state index contributed by atoms with van der Waals surface area (Å²) in [5.74, 6) is -0.0978. The lowest BCUT2D eigenvalue weighted by Crippen LogP contribution is -2.04. The highest BCUT2D eigenvalue weighted by atomic mass is 35.5. The Morgan fingerprint density at radius 1 is 1.08 bits per heavy atom. The van der Waals surface area contributed by atoms with E-state index in [1.807, 2.05) is 0 Å². The highest BCUT2D eigenvalue weighted by Gasteiger charge is 2.12. The molecule has 2 aromatic rings. The molecule has 0 unspecified atom stereocenters. The molecule has 0 saturated carbocycles. The Balaban J connectivity index is 2.16. The van der Waals surface area contributed by atoms with Crippen LogP contribution in [0.25, 0.3) is 0 Å². The summed E-state index contributed by atoms with van der Waals surface area (Å²) in [4.78, 5) is 12.4. The average Bonchev–Trinajstić information content (AvgIpc) is 2.55. The molecule has 0 atom stereocenters. The van der Waals surface area contributed by atoms with Crippen molar-refractivity contribution in [3.8, 4) is 0 Å². The average molecular weight is 398 g/mol. The van der Waals surface area contributed by atoms with Crippen LogP contribution in [-0.2, 0) is 9.84 Å². The third-order valence-electron chi connectivity index (χ3n) is 3.33.